The standard InChI is InChI=1S/C29H31Cl4N3O4S/c1-5-27(29(38)34-18(2)3)35(16-20-8-9-21(30)14-25(20)32)28(37)17-36(22-10-13-24(31)26(33)15-22)41(39,40)23-11-6-19(4)7-12-23/h6-15,18,27H,5,16-17H2,1-4H3,(H,34,38)/t27-/m1/s1. The van der Waals surface area contributed by atoms with E-state index in [-0.39, 0.29) is 45.5 Å². The Balaban J connectivity index is 2.11. The van der Waals surface area contributed by atoms with E-state index < -0.39 is 28.5 Å². The number of aryl methyl sites for hydroxylation is 1. The van der Waals surface area contributed by atoms with Crippen molar-refractivity contribution in [2.24, 2.45) is 0 Å². The lowest BCUT2D eigenvalue weighted by Gasteiger charge is -2.33. The van der Waals surface area contributed by atoms with E-state index in [1.165, 1.54) is 35.2 Å². The normalized spacial score (nSPS) is 12.2. The van der Waals surface area contributed by atoms with Gasteiger partial charge in [0.2, 0.25) is 11.8 Å². The van der Waals surface area contributed by atoms with Gasteiger partial charge < -0.3 is 10.2 Å². The summed E-state index contributed by atoms with van der Waals surface area (Å²) in [4.78, 5) is 28.6. The lowest BCUT2D eigenvalue weighted by Crippen LogP contribution is -2.53. The molecule has 0 aliphatic carbocycles. The molecule has 0 unspecified atom stereocenters. The fourth-order valence-electron chi connectivity index (χ4n) is 4.14. The van der Waals surface area contributed by atoms with E-state index in [1.807, 2.05) is 20.8 Å². The van der Waals surface area contributed by atoms with Crippen LogP contribution in [-0.4, -0.2) is 43.8 Å². The second kappa shape index (κ2) is 14.1. The molecule has 0 saturated heterocycles. The molecule has 1 atom stereocenters. The minimum absolute atomic E-state index is 0.0149. The number of benzene rings is 3. The van der Waals surface area contributed by atoms with E-state index in [2.05, 4.69) is 5.32 Å². The maximum Gasteiger partial charge on any atom is 0.264 e. The Kier molecular flexibility index (Phi) is 11.4. The number of nitrogens with zero attached hydrogens (tertiary/aromatic N) is 2. The number of anilines is 1. The Labute approximate surface area is 261 Å². The summed E-state index contributed by atoms with van der Waals surface area (Å²) in [5, 5.41) is 3.91. The van der Waals surface area contributed by atoms with Gasteiger partial charge in [-0.1, -0.05) is 77.1 Å². The van der Waals surface area contributed by atoms with Crippen LogP contribution in [0.1, 0.15) is 38.3 Å². The van der Waals surface area contributed by atoms with Crippen molar-refractivity contribution in [1.29, 1.82) is 0 Å². The Hall–Kier alpha value is -2.49. The maximum atomic E-state index is 14.1. The summed E-state index contributed by atoms with van der Waals surface area (Å²) in [5.41, 5.74) is 1.55. The first-order valence-electron chi connectivity index (χ1n) is 12.8. The summed E-state index contributed by atoms with van der Waals surface area (Å²) in [6, 6.07) is 14.3. The second-order valence-corrected chi connectivity index (χ2v) is 13.3. The molecule has 3 rings (SSSR count). The lowest BCUT2D eigenvalue weighted by molar-refractivity contribution is -0.140. The highest BCUT2D eigenvalue weighted by Crippen LogP contribution is 2.31. The van der Waals surface area contributed by atoms with Gasteiger partial charge in [0.15, 0.2) is 0 Å². The van der Waals surface area contributed by atoms with E-state index in [1.54, 1.807) is 37.3 Å². The van der Waals surface area contributed by atoms with Crippen LogP contribution in [0.4, 0.5) is 5.69 Å². The summed E-state index contributed by atoms with van der Waals surface area (Å²) in [7, 11) is -4.25. The molecule has 41 heavy (non-hydrogen) atoms. The van der Waals surface area contributed by atoms with Crippen molar-refractivity contribution >= 4 is 73.9 Å². The van der Waals surface area contributed by atoms with Crippen molar-refractivity contribution in [3.8, 4) is 0 Å². The molecule has 0 aliphatic rings. The molecule has 3 aromatic rings. The van der Waals surface area contributed by atoms with Gasteiger partial charge in [0.25, 0.3) is 10.0 Å². The van der Waals surface area contributed by atoms with Gasteiger partial charge in [-0.3, -0.25) is 13.9 Å². The van der Waals surface area contributed by atoms with E-state index >= 15 is 0 Å². The quantitative estimate of drug-likeness (QED) is 0.237. The molecule has 0 spiro atoms. The first-order chi connectivity index (χ1) is 19.2. The maximum absolute atomic E-state index is 14.1. The summed E-state index contributed by atoms with van der Waals surface area (Å²) in [6.45, 7) is 6.56. The molecule has 7 nitrogen and oxygen atoms in total. The van der Waals surface area contributed by atoms with Crippen molar-refractivity contribution in [3.05, 3.63) is 91.9 Å². The first-order valence-corrected chi connectivity index (χ1v) is 15.8. The van der Waals surface area contributed by atoms with Crippen LogP contribution in [0.25, 0.3) is 0 Å². The van der Waals surface area contributed by atoms with Crippen LogP contribution < -0.4 is 9.62 Å². The van der Waals surface area contributed by atoms with E-state index in [0.29, 0.717) is 15.6 Å². The molecular formula is C29H31Cl4N3O4S. The largest absolute Gasteiger partial charge is 0.352 e. The molecule has 0 fully saturated rings. The SMILES string of the molecule is CC[C@H](C(=O)NC(C)C)N(Cc1ccc(Cl)cc1Cl)C(=O)CN(c1ccc(Cl)c(Cl)c1)S(=O)(=O)c1ccc(C)cc1. The van der Waals surface area contributed by atoms with Crippen LogP contribution in [0.5, 0.6) is 0 Å². The average molecular weight is 659 g/mol. The van der Waals surface area contributed by atoms with Gasteiger partial charge in [-0.05, 0) is 75.2 Å². The van der Waals surface area contributed by atoms with Crippen molar-refractivity contribution in [2.75, 3.05) is 10.8 Å². The molecule has 3 aromatic carbocycles. The first kappa shape index (κ1) is 33.0. The zero-order valence-corrected chi connectivity index (χ0v) is 26.8. The lowest BCUT2D eigenvalue weighted by atomic mass is 10.1. The van der Waals surface area contributed by atoms with Gasteiger partial charge in [-0.2, -0.15) is 0 Å². The van der Waals surface area contributed by atoms with Crippen LogP contribution in [0.15, 0.2) is 65.6 Å². The smallest absolute Gasteiger partial charge is 0.264 e. The van der Waals surface area contributed by atoms with Crippen molar-refractivity contribution in [1.82, 2.24) is 10.2 Å². The van der Waals surface area contributed by atoms with Crippen LogP contribution in [0.3, 0.4) is 0 Å². The third kappa shape index (κ3) is 8.30. The van der Waals surface area contributed by atoms with Crippen molar-refractivity contribution in [3.63, 3.8) is 0 Å². The Bertz CT molecular complexity index is 1510. The number of sulfonamides is 1. The molecule has 12 heteroatoms. The predicted molar refractivity (Wildman–Crippen MR) is 167 cm³/mol. The summed E-state index contributed by atoms with van der Waals surface area (Å²) >= 11 is 24.9. The summed E-state index contributed by atoms with van der Waals surface area (Å²) in [6.07, 6.45) is 0.271. The second-order valence-electron chi connectivity index (χ2n) is 9.77. The summed E-state index contributed by atoms with van der Waals surface area (Å²) < 4.78 is 28.8. The molecule has 0 bridgehead atoms. The molecule has 0 heterocycles. The molecule has 0 aromatic heterocycles. The third-order valence-corrected chi connectivity index (χ3v) is 9.37. The van der Waals surface area contributed by atoms with Crippen LogP contribution in [-0.2, 0) is 26.2 Å². The number of hydrogen-bond donors (Lipinski definition) is 1. The van der Waals surface area contributed by atoms with Crippen LogP contribution in [0, 0.1) is 6.92 Å². The number of carbonyl (C=O) groups excluding carboxylic acids is 2. The third-order valence-electron chi connectivity index (χ3n) is 6.25. The zero-order valence-electron chi connectivity index (χ0n) is 23.0. The van der Waals surface area contributed by atoms with Gasteiger partial charge >= 0.3 is 0 Å². The van der Waals surface area contributed by atoms with Crippen molar-refractivity contribution in [2.45, 2.75) is 57.6 Å². The van der Waals surface area contributed by atoms with E-state index in [4.69, 9.17) is 46.4 Å². The molecule has 0 saturated carbocycles. The van der Waals surface area contributed by atoms with Crippen LogP contribution >= 0.6 is 46.4 Å². The van der Waals surface area contributed by atoms with Gasteiger partial charge in [-0.15, -0.1) is 0 Å². The van der Waals surface area contributed by atoms with Gasteiger partial charge in [0, 0.05) is 22.6 Å². The zero-order chi connectivity index (χ0) is 30.5. The number of carbonyl (C=O) groups is 2. The Morgan fingerprint density at radius 1 is 0.878 bits per heavy atom. The highest BCUT2D eigenvalue weighted by molar-refractivity contribution is 7.92. The average Bonchev–Trinajstić information content (AvgIpc) is 2.89. The van der Waals surface area contributed by atoms with Gasteiger partial charge in [-0.25, -0.2) is 8.42 Å². The van der Waals surface area contributed by atoms with Gasteiger partial charge in [0.05, 0.1) is 20.6 Å². The monoisotopic (exact) mass is 657 g/mol. The Morgan fingerprint density at radius 2 is 1.54 bits per heavy atom. The highest BCUT2D eigenvalue weighted by atomic mass is 35.5. The topological polar surface area (TPSA) is 86.8 Å². The molecule has 220 valence electrons. The molecular weight excluding hydrogens is 628 g/mol. The van der Waals surface area contributed by atoms with Crippen LogP contribution in [0.2, 0.25) is 20.1 Å². The summed E-state index contributed by atoms with van der Waals surface area (Å²) in [5.74, 6) is -0.994. The predicted octanol–water partition coefficient (Wildman–Crippen LogP) is 7.14. The van der Waals surface area contributed by atoms with Crippen molar-refractivity contribution < 1.29 is 18.0 Å². The number of nitrogens with one attached hydrogen (secondary N) is 1. The Morgan fingerprint density at radius 3 is 2.10 bits per heavy atom. The molecule has 1 N–H and O–H groups in total. The number of rotatable bonds is 11. The number of halogens is 4. The van der Waals surface area contributed by atoms with Gasteiger partial charge in [0.1, 0.15) is 12.6 Å². The minimum atomic E-state index is -4.25. The molecule has 2 amide bonds. The minimum Gasteiger partial charge on any atom is -0.352 e. The highest BCUT2D eigenvalue weighted by Gasteiger charge is 2.34. The molecule has 0 aliphatic heterocycles. The molecule has 0 radical (unpaired) electrons. The number of amides is 2. The van der Waals surface area contributed by atoms with E-state index in [9.17, 15) is 18.0 Å². The fourth-order valence-corrected chi connectivity index (χ4v) is 6.31. The number of hydrogen-bond acceptors (Lipinski definition) is 4. The fraction of sp³-hybridized carbons (Fsp3) is 0.310. The van der Waals surface area contributed by atoms with E-state index in [0.717, 1.165) is 9.87 Å².